The minimum Gasteiger partial charge on any atom is -0.317 e. The molecule has 18 heavy (non-hydrogen) atoms. The van der Waals surface area contributed by atoms with Gasteiger partial charge in [-0.3, -0.25) is 0 Å². The summed E-state index contributed by atoms with van der Waals surface area (Å²) in [5.74, 6) is -0.840. The first-order valence-electron chi connectivity index (χ1n) is 6.56. The van der Waals surface area contributed by atoms with Crippen molar-refractivity contribution in [3.63, 3.8) is 0 Å². The second-order valence-electron chi connectivity index (χ2n) is 4.89. The quantitative estimate of drug-likeness (QED) is 0.860. The summed E-state index contributed by atoms with van der Waals surface area (Å²) in [6.07, 6.45) is 2.57. The molecule has 2 rings (SSSR count). The van der Waals surface area contributed by atoms with Crippen LogP contribution < -0.4 is 10.6 Å². The third-order valence-corrected chi connectivity index (χ3v) is 3.53. The van der Waals surface area contributed by atoms with E-state index in [1.807, 2.05) is 0 Å². The van der Waals surface area contributed by atoms with Crippen LogP contribution in [0.5, 0.6) is 0 Å². The smallest absolute Gasteiger partial charge is 0.132 e. The van der Waals surface area contributed by atoms with Crippen molar-refractivity contribution in [2.45, 2.75) is 32.2 Å². The lowest BCUT2D eigenvalue weighted by Gasteiger charge is -2.23. The van der Waals surface area contributed by atoms with Gasteiger partial charge in [-0.25, -0.2) is 8.78 Å². The summed E-state index contributed by atoms with van der Waals surface area (Å²) >= 11 is 0. The average molecular weight is 254 g/mol. The van der Waals surface area contributed by atoms with Crippen molar-refractivity contribution in [3.05, 3.63) is 34.9 Å². The summed E-state index contributed by atoms with van der Waals surface area (Å²) in [5, 5.41) is 6.66. The van der Waals surface area contributed by atoms with Crippen molar-refractivity contribution in [3.8, 4) is 0 Å². The highest BCUT2D eigenvalue weighted by Crippen LogP contribution is 2.16. The van der Waals surface area contributed by atoms with E-state index in [0.29, 0.717) is 24.6 Å². The van der Waals surface area contributed by atoms with Gasteiger partial charge in [0.05, 0.1) is 0 Å². The van der Waals surface area contributed by atoms with E-state index in [-0.39, 0.29) is 5.56 Å². The van der Waals surface area contributed by atoms with Gasteiger partial charge in [-0.05, 0) is 57.5 Å². The van der Waals surface area contributed by atoms with E-state index in [9.17, 15) is 8.78 Å². The molecule has 0 aromatic heterocycles. The monoisotopic (exact) mass is 254 g/mol. The minimum atomic E-state index is -0.440. The van der Waals surface area contributed by atoms with Gasteiger partial charge in [0.1, 0.15) is 11.6 Å². The molecule has 1 aromatic carbocycles. The van der Waals surface area contributed by atoms with E-state index in [0.717, 1.165) is 25.9 Å². The second kappa shape index (κ2) is 6.25. The molecule has 1 saturated heterocycles. The fraction of sp³-hybridized carbons (Fsp3) is 0.571. The van der Waals surface area contributed by atoms with Crippen LogP contribution in [0.2, 0.25) is 0 Å². The summed E-state index contributed by atoms with van der Waals surface area (Å²) in [6, 6.07) is 3.30. The molecule has 4 heteroatoms. The third-order valence-electron chi connectivity index (χ3n) is 3.53. The van der Waals surface area contributed by atoms with E-state index in [2.05, 4.69) is 10.6 Å². The predicted octanol–water partition coefficient (Wildman–Crippen LogP) is 2.16. The molecule has 0 saturated carbocycles. The molecule has 100 valence electrons. The van der Waals surface area contributed by atoms with E-state index in [1.165, 1.54) is 12.1 Å². The van der Waals surface area contributed by atoms with E-state index in [4.69, 9.17) is 0 Å². The summed E-state index contributed by atoms with van der Waals surface area (Å²) in [4.78, 5) is 0. The van der Waals surface area contributed by atoms with Crippen LogP contribution in [0, 0.1) is 18.6 Å². The van der Waals surface area contributed by atoms with Crippen LogP contribution in [-0.4, -0.2) is 25.7 Å². The molecule has 0 atom stereocenters. The van der Waals surface area contributed by atoms with Gasteiger partial charge < -0.3 is 10.6 Å². The van der Waals surface area contributed by atoms with Crippen molar-refractivity contribution < 1.29 is 8.78 Å². The van der Waals surface area contributed by atoms with Crippen molar-refractivity contribution in [2.75, 3.05) is 19.6 Å². The van der Waals surface area contributed by atoms with E-state index < -0.39 is 11.6 Å². The number of piperidine rings is 1. The lowest BCUT2D eigenvalue weighted by molar-refractivity contribution is 0.387. The Kier molecular flexibility index (Phi) is 4.66. The molecule has 1 aromatic rings. The highest BCUT2D eigenvalue weighted by molar-refractivity contribution is 5.26. The van der Waals surface area contributed by atoms with Gasteiger partial charge in [0, 0.05) is 11.6 Å². The van der Waals surface area contributed by atoms with Gasteiger partial charge in [0.15, 0.2) is 0 Å². The Morgan fingerprint density at radius 1 is 1.28 bits per heavy atom. The van der Waals surface area contributed by atoms with Crippen LogP contribution >= 0.6 is 0 Å². The molecular formula is C14H20F2N2. The highest BCUT2D eigenvalue weighted by Gasteiger charge is 2.14. The van der Waals surface area contributed by atoms with Crippen molar-refractivity contribution in [1.82, 2.24) is 10.6 Å². The first-order valence-corrected chi connectivity index (χ1v) is 6.56. The molecule has 0 amide bonds. The number of rotatable bonds is 4. The van der Waals surface area contributed by atoms with Crippen LogP contribution in [0.1, 0.15) is 24.0 Å². The fourth-order valence-corrected chi connectivity index (χ4v) is 2.37. The second-order valence-corrected chi connectivity index (χ2v) is 4.89. The van der Waals surface area contributed by atoms with Gasteiger partial charge in [-0.2, -0.15) is 0 Å². The fourth-order valence-electron chi connectivity index (χ4n) is 2.37. The van der Waals surface area contributed by atoms with Crippen LogP contribution in [-0.2, 0) is 6.42 Å². The molecule has 1 aliphatic heterocycles. The lowest BCUT2D eigenvalue weighted by atomic mass is 10.0. The zero-order valence-electron chi connectivity index (χ0n) is 10.7. The molecule has 0 unspecified atom stereocenters. The van der Waals surface area contributed by atoms with E-state index in [1.54, 1.807) is 6.92 Å². The van der Waals surface area contributed by atoms with Crippen LogP contribution in [0.3, 0.4) is 0 Å². The summed E-state index contributed by atoms with van der Waals surface area (Å²) in [6.45, 7) is 4.33. The predicted molar refractivity (Wildman–Crippen MR) is 68.7 cm³/mol. The Bertz CT molecular complexity index is 401. The third kappa shape index (κ3) is 3.27. The van der Waals surface area contributed by atoms with Gasteiger partial charge in [-0.1, -0.05) is 6.07 Å². The number of nitrogens with one attached hydrogen (secondary N) is 2. The molecule has 2 nitrogen and oxygen atoms in total. The minimum absolute atomic E-state index is 0.205. The maximum Gasteiger partial charge on any atom is 0.132 e. The Hall–Kier alpha value is -1.00. The maximum atomic E-state index is 13.8. The number of aryl methyl sites for hydroxylation is 1. The first kappa shape index (κ1) is 13.4. The number of hydrogen-bond acceptors (Lipinski definition) is 2. The zero-order chi connectivity index (χ0) is 13.0. The molecule has 1 aliphatic rings. The lowest BCUT2D eigenvalue weighted by Crippen LogP contribution is -2.40. The Balaban J connectivity index is 1.88. The molecule has 0 bridgehead atoms. The van der Waals surface area contributed by atoms with Crippen molar-refractivity contribution in [1.29, 1.82) is 0 Å². The van der Waals surface area contributed by atoms with Gasteiger partial charge >= 0.3 is 0 Å². The first-order chi connectivity index (χ1) is 8.68. The molecule has 0 spiro atoms. The molecule has 1 heterocycles. The van der Waals surface area contributed by atoms with Crippen LogP contribution in [0.25, 0.3) is 0 Å². The van der Waals surface area contributed by atoms with Crippen LogP contribution in [0.4, 0.5) is 8.78 Å². The molecule has 0 aliphatic carbocycles. The van der Waals surface area contributed by atoms with Gasteiger partial charge in [-0.15, -0.1) is 0 Å². The molecular weight excluding hydrogens is 234 g/mol. The Morgan fingerprint density at radius 2 is 2.00 bits per heavy atom. The van der Waals surface area contributed by atoms with E-state index >= 15 is 0 Å². The number of hydrogen-bond donors (Lipinski definition) is 2. The summed E-state index contributed by atoms with van der Waals surface area (Å²) in [7, 11) is 0. The summed E-state index contributed by atoms with van der Waals surface area (Å²) in [5.41, 5.74) is 0.713. The van der Waals surface area contributed by atoms with Crippen LogP contribution in [0.15, 0.2) is 12.1 Å². The van der Waals surface area contributed by atoms with Gasteiger partial charge in [0.2, 0.25) is 0 Å². The summed E-state index contributed by atoms with van der Waals surface area (Å²) < 4.78 is 27.3. The molecule has 2 N–H and O–H groups in total. The maximum absolute atomic E-state index is 13.8. The van der Waals surface area contributed by atoms with Crippen molar-refractivity contribution >= 4 is 0 Å². The average Bonchev–Trinajstić information content (AvgIpc) is 2.39. The number of benzene rings is 1. The SMILES string of the molecule is Cc1ccc(F)c(CCNC2CCNCC2)c1F. The zero-order valence-corrected chi connectivity index (χ0v) is 10.7. The van der Waals surface area contributed by atoms with Gasteiger partial charge in [0.25, 0.3) is 0 Å². The topological polar surface area (TPSA) is 24.1 Å². The Labute approximate surface area is 107 Å². The standard InChI is InChI=1S/C14H20F2N2/c1-10-2-3-13(15)12(14(10)16)6-9-18-11-4-7-17-8-5-11/h2-3,11,17-18H,4-9H2,1H3. The Morgan fingerprint density at radius 3 is 2.72 bits per heavy atom. The normalized spacial score (nSPS) is 17.1. The highest BCUT2D eigenvalue weighted by atomic mass is 19.1. The largest absolute Gasteiger partial charge is 0.317 e. The molecule has 1 fully saturated rings. The van der Waals surface area contributed by atoms with Crippen molar-refractivity contribution in [2.24, 2.45) is 0 Å². The molecule has 0 radical (unpaired) electrons. The number of halogens is 2.